The molecule has 3 aliphatic heterocycles. The predicted octanol–water partition coefficient (Wildman–Crippen LogP) is 6.04. The molecule has 0 aromatic carbocycles. The number of hydrogen-bond acceptors (Lipinski definition) is 3. The zero-order valence-corrected chi connectivity index (χ0v) is 18.3. The van der Waals surface area contributed by atoms with Gasteiger partial charge in [-0.05, 0) is 95.8 Å². The van der Waals surface area contributed by atoms with Crippen molar-refractivity contribution in [2.75, 3.05) is 6.61 Å². The maximum atomic E-state index is 6.35. The van der Waals surface area contributed by atoms with E-state index in [4.69, 9.17) is 14.2 Å². The lowest BCUT2D eigenvalue weighted by molar-refractivity contribution is -0.0563. The van der Waals surface area contributed by atoms with Crippen LogP contribution in [0, 0.1) is 17.8 Å². The molecule has 5 aliphatic rings. The van der Waals surface area contributed by atoms with Gasteiger partial charge in [0.25, 0.3) is 0 Å². The van der Waals surface area contributed by atoms with Gasteiger partial charge in [0.2, 0.25) is 0 Å². The Bertz CT molecular complexity index is 542. The molecule has 3 saturated heterocycles. The molecule has 0 N–H and O–H groups in total. The van der Waals surface area contributed by atoms with E-state index in [-0.39, 0.29) is 11.2 Å². The molecule has 0 aromatic heterocycles. The molecule has 0 bridgehead atoms. The van der Waals surface area contributed by atoms with E-state index in [1.165, 1.54) is 89.9 Å². The third-order valence-corrected chi connectivity index (χ3v) is 9.14. The zero-order chi connectivity index (χ0) is 19.2. The van der Waals surface area contributed by atoms with Crippen LogP contribution in [0.25, 0.3) is 0 Å². The summed E-state index contributed by atoms with van der Waals surface area (Å²) < 4.78 is 18.1. The summed E-state index contributed by atoms with van der Waals surface area (Å²) in [6, 6.07) is 0. The molecule has 0 amide bonds. The molecule has 3 heteroatoms. The first-order valence-corrected chi connectivity index (χ1v) is 12.5. The number of epoxide rings is 2. The lowest BCUT2D eigenvalue weighted by Gasteiger charge is -2.36. The molecule has 0 spiro atoms. The normalized spacial score (nSPS) is 50.4. The highest BCUT2D eigenvalue weighted by Gasteiger charge is 2.56. The second-order valence-corrected chi connectivity index (χ2v) is 11.3. The van der Waals surface area contributed by atoms with Gasteiger partial charge < -0.3 is 14.2 Å². The maximum absolute atomic E-state index is 6.35. The van der Waals surface area contributed by atoms with Crippen molar-refractivity contribution >= 4 is 0 Å². The lowest BCUT2D eigenvalue weighted by atomic mass is 9.77. The average molecular weight is 391 g/mol. The van der Waals surface area contributed by atoms with E-state index in [9.17, 15) is 0 Å². The molecule has 3 nitrogen and oxygen atoms in total. The van der Waals surface area contributed by atoms with Crippen molar-refractivity contribution in [1.82, 2.24) is 0 Å². The number of ether oxygens (including phenoxy) is 3. The zero-order valence-electron chi connectivity index (χ0n) is 18.3. The Kier molecular flexibility index (Phi) is 5.56. The summed E-state index contributed by atoms with van der Waals surface area (Å²) in [6.45, 7) is 5.63. The van der Waals surface area contributed by atoms with E-state index in [1.807, 2.05) is 0 Å². The Hall–Kier alpha value is -0.120. The smallest absolute Gasteiger partial charge is 0.0920 e. The highest BCUT2D eigenvalue weighted by molar-refractivity contribution is 5.04. The monoisotopic (exact) mass is 390 g/mol. The van der Waals surface area contributed by atoms with Crippen molar-refractivity contribution < 1.29 is 14.2 Å². The van der Waals surface area contributed by atoms with Crippen LogP contribution in [0.1, 0.15) is 104 Å². The molecule has 2 aliphatic carbocycles. The first-order chi connectivity index (χ1) is 13.5. The Morgan fingerprint density at radius 3 is 2.21 bits per heavy atom. The highest BCUT2D eigenvalue weighted by atomic mass is 16.6. The topological polar surface area (TPSA) is 34.3 Å². The van der Waals surface area contributed by atoms with Gasteiger partial charge in [0.1, 0.15) is 0 Å². The van der Waals surface area contributed by atoms with Gasteiger partial charge in [-0.25, -0.2) is 0 Å². The Morgan fingerprint density at radius 1 is 0.714 bits per heavy atom. The summed E-state index contributed by atoms with van der Waals surface area (Å²) in [7, 11) is 0. The van der Waals surface area contributed by atoms with Gasteiger partial charge in [0.15, 0.2) is 0 Å². The standard InChI is InChI=1S/C25H42O3/c1-24-14-12-18(9-11-22(24)27-24)6-4-3-5-7-19-8-10-21(26-17-19)20-13-15-25(2)23(16-20)28-25/h18-23H,3-17H2,1-2H3. The SMILES string of the molecule is CC12CCC(CCCCCC3CCC(C4CCC5(C)OC5C4)OC3)CCC1O2. The molecule has 3 heterocycles. The summed E-state index contributed by atoms with van der Waals surface area (Å²) in [4.78, 5) is 0. The summed E-state index contributed by atoms with van der Waals surface area (Å²) >= 11 is 0. The van der Waals surface area contributed by atoms with Crippen LogP contribution in [-0.4, -0.2) is 36.1 Å². The molecule has 8 unspecified atom stereocenters. The molecular weight excluding hydrogens is 348 g/mol. The minimum Gasteiger partial charge on any atom is -0.378 e. The predicted molar refractivity (Wildman–Crippen MR) is 111 cm³/mol. The van der Waals surface area contributed by atoms with E-state index in [0.717, 1.165) is 24.4 Å². The van der Waals surface area contributed by atoms with Crippen LogP contribution in [0.4, 0.5) is 0 Å². The molecular formula is C25H42O3. The van der Waals surface area contributed by atoms with Crippen LogP contribution < -0.4 is 0 Å². The number of hydrogen-bond donors (Lipinski definition) is 0. The Labute approximate surface area is 172 Å². The molecule has 0 radical (unpaired) electrons. The first kappa shape index (κ1) is 19.8. The first-order valence-electron chi connectivity index (χ1n) is 12.5. The summed E-state index contributed by atoms with van der Waals surface area (Å²) in [6.07, 6.45) is 20.7. The van der Waals surface area contributed by atoms with Crippen LogP contribution in [0.15, 0.2) is 0 Å². The number of fused-ring (bicyclic) bond motifs is 2. The summed E-state index contributed by atoms with van der Waals surface area (Å²) in [5.41, 5.74) is 0.521. The summed E-state index contributed by atoms with van der Waals surface area (Å²) in [5.74, 6) is 2.56. The van der Waals surface area contributed by atoms with Gasteiger partial charge in [-0.1, -0.05) is 25.7 Å². The van der Waals surface area contributed by atoms with Crippen molar-refractivity contribution in [3.63, 3.8) is 0 Å². The van der Waals surface area contributed by atoms with Crippen molar-refractivity contribution in [2.24, 2.45) is 17.8 Å². The quantitative estimate of drug-likeness (QED) is 0.393. The largest absolute Gasteiger partial charge is 0.378 e. The van der Waals surface area contributed by atoms with Crippen LogP contribution in [-0.2, 0) is 14.2 Å². The molecule has 160 valence electrons. The fraction of sp³-hybridized carbons (Fsp3) is 1.00. The van der Waals surface area contributed by atoms with Crippen LogP contribution >= 0.6 is 0 Å². The molecule has 0 aromatic rings. The molecule has 5 rings (SSSR count). The van der Waals surface area contributed by atoms with E-state index in [2.05, 4.69) is 13.8 Å². The van der Waals surface area contributed by atoms with Crippen molar-refractivity contribution in [3.8, 4) is 0 Å². The second-order valence-electron chi connectivity index (χ2n) is 11.3. The molecule has 5 fully saturated rings. The van der Waals surface area contributed by atoms with E-state index in [1.54, 1.807) is 0 Å². The highest BCUT2D eigenvalue weighted by Crippen LogP contribution is 2.51. The third kappa shape index (κ3) is 4.32. The van der Waals surface area contributed by atoms with Gasteiger partial charge in [-0.3, -0.25) is 0 Å². The molecule has 28 heavy (non-hydrogen) atoms. The minimum absolute atomic E-state index is 0.247. The Morgan fingerprint density at radius 2 is 1.43 bits per heavy atom. The van der Waals surface area contributed by atoms with Crippen molar-refractivity contribution in [1.29, 1.82) is 0 Å². The number of unbranched alkanes of at least 4 members (excludes halogenated alkanes) is 2. The Balaban J connectivity index is 0.922. The van der Waals surface area contributed by atoms with Crippen molar-refractivity contribution in [2.45, 2.75) is 133 Å². The van der Waals surface area contributed by atoms with E-state index in [0.29, 0.717) is 18.3 Å². The van der Waals surface area contributed by atoms with Crippen LogP contribution in [0.2, 0.25) is 0 Å². The fourth-order valence-electron chi connectivity index (χ4n) is 6.67. The van der Waals surface area contributed by atoms with Crippen LogP contribution in [0.5, 0.6) is 0 Å². The lowest BCUT2D eigenvalue weighted by Crippen LogP contribution is -2.35. The number of rotatable bonds is 7. The molecule has 8 atom stereocenters. The van der Waals surface area contributed by atoms with Crippen LogP contribution in [0.3, 0.4) is 0 Å². The maximum Gasteiger partial charge on any atom is 0.0920 e. The fourth-order valence-corrected chi connectivity index (χ4v) is 6.67. The van der Waals surface area contributed by atoms with Gasteiger partial charge in [0.05, 0.1) is 29.5 Å². The van der Waals surface area contributed by atoms with Gasteiger partial charge in [0, 0.05) is 6.61 Å². The second kappa shape index (κ2) is 7.85. The minimum atomic E-state index is 0.247. The van der Waals surface area contributed by atoms with E-state index < -0.39 is 0 Å². The molecule has 2 saturated carbocycles. The summed E-state index contributed by atoms with van der Waals surface area (Å²) in [5, 5.41) is 0. The van der Waals surface area contributed by atoms with Crippen molar-refractivity contribution in [3.05, 3.63) is 0 Å². The third-order valence-electron chi connectivity index (χ3n) is 9.14. The van der Waals surface area contributed by atoms with E-state index >= 15 is 0 Å². The average Bonchev–Trinajstić information content (AvgIpc) is 3.56. The van der Waals surface area contributed by atoms with Gasteiger partial charge in [-0.15, -0.1) is 0 Å². The van der Waals surface area contributed by atoms with Gasteiger partial charge in [-0.2, -0.15) is 0 Å². The van der Waals surface area contributed by atoms with Gasteiger partial charge >= 0.3 is 0 Å².